The number of aryl methyl sites for hydroxylation is 1. The Morgan fingerprint density at radius 1 is 1.30 bits per heavy atom. The van der Waals surface area contributed by atoms with Gasteiger partial charge in [0, 0.05) is 12.6 Å². The van der Waals surface area contributed by atoms with Crippen LogP contribution >= 0.6 is 0 Å². The summed E-state index contributed by atoms with van der Waals surface area (Å²) in [7, 11) is -4.18. The predicted octanol–water partition coefficient (Wildman–Crippen LogP) is 4.18. The van der Waals surface area contributed by atoms with Crippen molar-refractivity contribution in [2.75, 3.05) is 24.1 Å². The van der Waals surface area contributed by atoms with Gasteiger partial charge in [0.1, 0.15) is 23.4 Å². The zero-order chi connectivity index (χ0) is 26.6. The van der Waals surface area contributed by atoms with Crippen LogP contribution in [0.25, 0.3) is 6.08 Å². The average Bonchev–Trinajstić information content (AvgIpc) is 2.87. The number of aromatic nitrogens is 1. The second kappa shape index (κ2) is 11.5. The smallest absolute Gasteiger partial charge is 0.303 e. The minimum absolute atomic E-state index is 0.0492. The summed E-state index contributed by atoms with van der Waals surface area (Å²) >= 11 is 0. The number of rotatable bonds is 9. The first-order valence-electron chi connectivity index (χ1n) is 12.6. The molecule has 1 fully saturated rings. The molecule has 1 aliphatic carbocycles. The van der Waals surface area contributed by atoms with Crippen molar-refractivity contribution < 1.29 is 32.9 Å². The van der Waals surface area contributed by atoms with E-state index in [4.69, 9.17) is 14.6 Å². The molecule has 4 rings (SSSR count). The van der Waals surface area contributed by atoms with E-state index in [9.17, 15) is 18.3 Å². The van der Waals surface area contributed by atoms with Crippen molar-refractivity contribution in [1.82, 2.24) is 4.98 Å². The lowest BCUT2D eigenvalue weighted by atomic mass is 9.84. The standard InChI is InChI=1S/C27H34N2O7S/c1-18-13-25(27(28-16-18)35-12-11-30)37(33,34)29-17-22(8-10-26(31)32)36-24-9-7-20(15-23(24)29)14-21-6-4-3-5-19(21)2/h7,9,13-16,19,22,30H,3-6,8,10-12,17H2,1-2H3,(H,31,32)/b21-14+/t19?,22-/m0/s1. The fourth-order valence-electron chi connectivity index (χ4n) is 4.81. The molecule has 10 heteroatoms. The maximum Gasteiger partial charge on any atom is 0.303 e. The molecule has 9 nitrogen and oxygen atoms in total. The highest BCUT2D eigenvalue weighted by molar-refractivity contribution is 7.93. The fourth-order valence-corrected chi connectivity index (χ4v) is 6.47. The van der Waals surface area contributed by atoms with Crippen molar-refractivity contribution in [3.63, 3.8) is 0 Å². The van der Waals surface area contributed by atoms with Gasteiger partial charge in [0.2, 0.25) is 5.88 Å². The molecule has 1 aliphatic heterocycles. The van der Waals surface area contributed by atoms with Crippen LogP contribution in [0.1, 0.15) is 56.6 Å². The van der Waals surface area contributed by atoms with Gasteiger partial charge >= 0.3 is 5.97 Å². The van der Waals surface area contributed by atoms with Crippen molar-refractivity contribution in [1.29, 1.82) is 0 Å². The lowest BCUT2D eigenvalue weighted by molar-refractivity contribution is -0.137. The first-order valence-corrected chi connectivity index (χ1v) is 14.1. The number of carbonyl (C=O) groups is 1. The van der Waals surface area contributed by atoms with Gasteiger partial charge in [0.15, 0.2) is 0 Å². The van der Waals surface area contributed by atoms with Crippen LogP contribution in [0.15, 0.2) is 40.9 Å². The molecule has 1 aromatic heterocycles. The first-order chi connectivity index (χ1) is 17.7. The molecule has 2 N–H and O–H groups in total. The zero-order valence-electron chi connectivity index (χ0n) is 21.2. The number of sulfonamides is 1. The molecule has 0 bridgehead atoms. The zero-order valence-corrected chi connectivity index (χ0v) is 22.0. The summed E-state index contributed by atoms with van der Waals surface area (Å²) in [6.07, 6.45) is 7.53. The van der Waals surface area contributed by atoms with Crippen molar-refractivity contribution in [2.24, 2.45) is 5.92 Å². The number of aliphatic hydroxyl groups excluding tert-OH is 1. The van der Waals surface area contributed by atoms with Crippen LogP contribution in [0, 0.1) is 12.8 Å². The normalized spacial score (nSPS) is 20.8. The van der Waals surface area contributed by atoms with Gasteiger partial charge in [-0.1, -0.05) is 31.1 Å². The summed E-state index contributed by atoms with van der Waals surface area (Å²) in [6.45, 7) is 3.51. The third-order valence-electron chi connectivity index (χ3n) is 6.79. The minimum atomic E-state index is -4.18. The van der Waals surface area contributed by atoms with Gasteiger partial charge in [-0.2, -0.15) is 0 Å². The maximum absolute atomic E-state index is 14.1. The highest BCUT2D eigenvalue weighted by Crippen LogP contribution is 2.41. The molecule has 200 valence electrons. The van der Waals surface area contributed by atoms with Crippen molar-refractivity contribution in [2.45, 2.75) is 63.4 Å². The highest BCUT2D eigenvalue weighted by atomic mass is 32.2. The Kier molecular flexibility index (Phi) is 8.39. The first kappa shape index (κ1) is 26.9. The molecular formula is C27H34N2O7S. The number of fused-ring (bicyclic) bond motifs is 1. The molecule has 1 saturated carbocycles. The van der Waals surface area contributed by atoms with Gasteiger partial charge in [-0.25, -0.2) is 13.4 Å². The predicted molar refractivity (Wildman–Crippen MR) is 139 cm³/mol. The average molecular weight is 531 g/mol. The number of anilines is 1. The molecule has 0 amide bonds. The number of pyridine rings is 1. The van der Waals surface area contributed by atoms with Gasteiger partial charge in [-0.05, 0) is 67.9 Å². The fraction of sp³-hybridized carbons (Fsp3) is 0.481. The number of hydrogen-bond donors (Lipinski definition) is 2. The van der Waals surface area contributed by atoms with E-state index in [-0.39, 0.29) is 43.4 Å². The van der Waals surface area contributed by atoms with E-state index in [0.29, 0.717) is 22.9 Å². The Morgan fingerprint density at radius 3 is 2.84 bits per heavy atom. The molecule has 0 radical (unpaired) electrons. The summed E-state index contributed by atoms with van der Waals surface area (Å²) in [5, 5.41) is 18.4. The number of aliphatic hydroxyl groups is 1. The number of benzene rings is 1. The van der Waals surface area contributed by atoms with E-state index >= 15 is 0 Å². The molecule has 0 saturated heterocycles. The Balaban J connectivity index is 1.78. The van der Waals surface area contributed by atoms with E-state index < -0.39 is 22.1 Å². The van der Waals surface area contributed by atoms with E-state index in [2.05, 4.69) is 18.0 Å². The van der Waals surface area contributed by atoms with Gasteiger partial charge in [-0.3, -0.25) is 9.10 Å². The van der Waals surface area contributed by atoms with Crippen LogP contribution in [-0.2, 0) is 14.8 Å². The lowest BCUT2D eigenvalue weighted by Crippen LogP contribution is -2.44. The minimum Gasteiger partial charge on any atom is -0.486 e. The quantitative estimate of drug-likeness (QED) is 0.495. The van der Waals surface area contributed by atoms with Crippen LogP contribution in [0.3, 0.4) is 0 Å². The number of carboxylic acid groups (broad SMARTS) is 1. The van der Waals surface area contributed by atoms with Crippen LogP contribution in [0.2, 0.25) is 0 Å². The van der Waals surface area contributed by atoms with Gasteiger partial charge < -0.3 is 19.7 Å². The lowest BCUT2D eigenvalue weighted by Gasteiger charge is -2.36. The topological polar surface area (TPSA) is 126 Å². The van der Waals surface area contributed by atoms with Crippen LogP contribution < -0.4 is 13.8 Å². The summed E-state index contributed by atoms with van der Waals surface area (Å²) in [4.78, 5) is 15.2. The van der Waals surface area contributed by atoms with E-state index in [0.717, 1.165) is 24.8 Å². The molecule has 37 heavy (non-hydrogen) atoms. The largest absolute Gasteiger partial charge is 0.486 e. The number of hydrogen-bond acceptors (Lipinski definition) is 7. The van der Waals surface area contributed by atoms with Gasteiger partial charge in [0.05, 0.1) is 18.8 Å². The number of ether oxygens (including phenoxy) is 2. The second-order valence-corrected chi connectivity index (χ2v) is 11.5. The van der Waals surface area contributed by atoms with E-state index in [1.165, 1.54) is 28.6 Å². The number of nitrogens with zero attached hydrogens (tertiary/aromatic N) is 2. The second-order valence-electron chi connectivity index (χ2n) is 9.69. The molecule has 2 aromatic rings. The summed E-state index contributed by atoms with van der Waals surface area (Å²) in [5.41, 5.74) is 3.25. The molecule has 1 aromatic carbocycles. The Hall–Kier alpha value is -3.11. The Labute approximate surface area is 217 Å². The Bertz CT molecular complexity index is 1280. The SMILES string of the molecule is Cc1cnc(OCCO)c(S(=O)(=O)N2C[C@H](CCC(=O)O)Oc3ccc(/C=C4\CCCCC4C)cc32)c1. The van der Waals surface area contributed by atoms with Crippen LogP contribution in [0.5, 0.6) is 11.6 Å². The summed E-state index contributed by atoms with van der Waals surface area (Å²) < 4.78 is 41.0. The number of carboxylic acids is 1. The number of aliphatic carboxylic acids is 1. The third kappa shape index (κ3) is 6.24. The van der Waals surface area contributed by atoms with Crippen LogP contribution in [-0.4, -0.2) is 55.4 Å². The Morgan fingerprint density at radius 2 is 2.11 bits per heavy atom. The van der Waals surface area contributed by atoms with Crippen molar-refractivity contribution in [3.05, 3.63) is 47.2 Å². The van der Waals surface area contributed by atoms with Gasteiger partial charge in [0.25, 0.3) is 10.0 Å². The molecule has 2 atom stereocenters. The monoisotopic (exact) mass is 530 g/mol. The third-order valence-corrected chi connectivity index (χ3v) is 8.56. The molecule has 1 unspecified atom stereocenters. The van der Waals surface area contributed by atoms with E-state index in [1.54, 1.807) is 13.0 Å². The summed E-state index contributed by atoms with van der Waals surface area (Å²) in [5.74, 6) is -0.215. The molecule has 2 aliphatic rings. The van der Waals surface area contributed by atoms with Gasteiger partial charge in [-0.15, -0.1) is 0 Å². The molecular weight excluding hydrogens is 496 g/mol. The summed E-state index contributed by atoms with van der Waals surface area (Å²) in [6, 6.07) is 6.96. The van der Waals surface area contributed by atoms with Crippen molar-refractivity contribution in [3.8, 4) is 11.6 Å². The van der Waals surface area contributed by atoms with Crippen molar-refractivity contribution >= 4 is 27.8 Å². The molecule has 0 spiro atoms. The maximum atomic E-state index is 14.1. The number of allylic oxidation sites excluding steroid dienone is 1. The van der Waals surface area contributed by atoms with E-state index in [1.807, 2.05) is 12.1 Å². The highest BCUT2D eigenvalue weighted by Gasteiger charge is 2.37. The molecule has 2 heterocycles. The van der Waals surface area contributed by atoms with Crippen LogP contribution in [0.4, 0.5) is 5.69 Å².